The molecule has 2 aromatic rings. The van der Waals surface area contributed by atoms with Gasteiger partial charge >= 0.3 is 0 Å². The average molecular weight is 228 g/mol. The second kappa shape index (κ2) is 3.22. The van der Waals surface area contributed by atoms with Crippen molar-refractivity contribution in [3.8, 4) is 0 Å². The number of H-pyrrole nitrogens is 1. The van der Waals surface area contributed by atoms with E-state index in [1.165, 1.54) is 19.3 Å². The van der Waals surface area contributed by atoms with Crippen molar-refractivity contribution in [1.82, 2.24) is 15.0 Å². The lowest BCUT2D eigenvalue weighted by Gasteiger charge is -2.06. The Morgan fingerprint density at radius 3 is 2.76 bits per heavy atom. The van der Waals surface area contributed by atoms with Gasteiger partial charge in [-0.15, -0.1) is 0 Å². The molecule has 4 rings (SSSR count). The zero-order valence-electron chi connectivity index (χ0n) is 9.90. The van der Waals surface area contributed by atoms with Crippen molar-refractivity contribution in [3.05, 3.63) is 18.0 Å². The number of rotatable bonds is 2. The van der Waals surface area contributed by atoms with Gasteiger partial charge in [0.05, 0.1) is 5.52 Å². The highest BCUT2D eigenvalue weighted by Gasteiger charge is 2.47. The van der Waals surface area contributed by atoms with E-state index in [0.29, 0.717) is 5.92 Å². The molecule has 0 aliphatic heterocycles. The van der Waals surface area contributed by atoms with Crippen LogP contribution in [0.1, 0.15) is 31.0 Å². The Bertz CT molecular complexity index is 564. The van der Waals surface area contributed by atoms with Crippen molar-refractivity contribution in [2.45, 2.75) is 25.2 Å². The molecule has 2 aliphatic rings. The number of aromatic amines is 1. The molecule has 0 spiro atoms. The molecule has 2 unspecified atom stereocenters. The minimum Gasteiger partial charge on any atom is -0.373 e. The van der Waals surface area contributed by atoms with Gasteiger partial charge in [0.15, 0.2) is 5.65 Å². The van der Waals surface area contributed by atoms with Crippen LogP contribution in [0.3, 0.4) is 0 Å². The van der Waals surface area contributed by atoms with E-state index in [-0.39, 0.29) is 0 Å². The number of imidazole rings is 1. The van der Waals surface area contributed by atoms with Crippen molar-refractivity contribution in [3.63, 3.8) is 0 Å². The van der Waals surface area contributed by atoms with E-state index in [2.05, 4.69) is 26.3 Å². The van der Waals surface area contributed by atoms with Gasteiger partial charge < -0.3 is 10.3 Å². The summed E-state index contributed by atoms with van der Waals surface area (Å²) >= 11 is 0. The van der Waals surface area contributed by atoms with Crippen molar-refractivity contribution >= 4 is 17.0 Å². The molecule has 0 amide bonds. The maximum atomic E-state index is 4.65. The molecule has 2 fully saturated rings. The number of nitrogens with one attached hydrogen (secondary N) is 2. The normalized spacial score (nSPS) is 30.5. The molecule has 2 heterocycles. The topological polar surface area (TPSA) is 53.6 Å². The van der Waals surface area contributed by atoms with E-state index in [1.807, 2.05) is 13.1 Å². The van der Waals surface area contributed by atoms with Crippen LogP contribution in [0.15, 0.2) is 12.1 Å². The highest BCUT2D eigenvalue weighted by Crippen LogP contribution is 2.57. The summed E-state index contributed by atoms with van der Waals surface area (Å²) in [6, 6.07) is 4.04. The Hall–Kier alpha value is -1.58. The van der Waals surface area contributed by atoms with E-state index in [9.17, 15) is 0 Å². The summed E-state index contributed by atoms with van der Waals surface area (Å²) in [6.45, 7) is 0. The van der Waals surface area contributed by atoms with E-state index in [0.717, 1.165) is 34.6 Å². The maximum absolute atomic E-state index is 4.65. The number of fused-ring (bicyclic) bond motifs is 2. The monoisotopic (exact) mass is 228 g/mol. The number of hydrogen-bond acceptors (Lipinski definition) is 3. The van der Waals surface area contributed by atoms with Crippen LogP contribution in [0.25, 0.3) is 11.2 Å². The average Bonchev–Trinajstić information content (AvgIpc) is 2.80. The van der Waals surface area contributed by atoms with E-state index >= 15 is 0 Å². The van der Waals surface area contributed by atoms with Crippen molar-refractivity contribution in [2.75, 3.05) is 12.4 Å². The van der Waals surface area contributed by atoms with Gasteiger partial charge in [0, 0.05) is 13.0 Å². The first-order valence-corrected chi connectivity index (χ1v) is 6.38. The molecular formula is C13H16N4. The van der Waals surface area contributed by atoms with Crippen molar-refractivity contribution < 1.29 is 0 Å². The lowest BCUT2D eigenvalue weighted by Crippen LogP contribution is -1.97. The lowest BCUT2D eigenvalue weighted by atomic mass is 10.0. The van der Waals surface area contributed by atoms with Crippen LogP contribution in [-0.4, -0.2) is 22.0 Å². The van der Waals surface area contributed by atoms with Gasteiger partial charge in [-0.05, 0) is 43.2 Å². The minimum absolute atomic E-state index is 0.644. The van der Waals surface area contributed by atoms with Crippen LogP contribution in [-0.2, 0) is 0 Å². The number of hydrogen-bond donors (Lipinski definition) is 2. The Morgan fingerprint density at radius 2 is 2.00 bits per heavy atom. The van der Waals surface area contributed by atoms with E-state index in [1.54, 1.807) is 0 Å². The summed E-state index contributed by atoms with van der Waals surface area (Å²) < 4.78 is 0. The fraction of sp³-hybridized carbons (Fsp3) is 0.538. The summed E-state index contributed by atoms with van der Waals surface area (Å²) in [7, 11) is 1.88. The fourth-order valence-electron chi connectivity index (χ4n) is 3.18. The number of nitrogens with zero attached hydrogens (tertiary/aromatic N) is 2. The Morgan fingerprint density at radius 1 is 1.18 bits per heavy atom. The lowest BCUT2D eigenvalue weighted by molar-refractivity contribution is 0.597. The first-order chi connectivity index (χ1) is 8.33. The quantitative estimate of drug-likeness (QED) is 0.830. The standard InChI is InChI=1S/C13H16N4/c1-14-11-3-2-10-13(16-11)17-12(15-10)9-5-7-4-8(7)6-9/h2-3,7-9H,4-6H2,1H3,(H2,14,15,16,17). The highest BCUT2D eigenvalue weighted by atomic mass is 15.0. The van der Waals surface area contributed by atoms with Crippen LogP contribution in [0.2, 0.25) is 0 Å². The molecule has 17 heavy (non-hydrogen) atoms. The summed E-state index contributed by atoms with van der Waals surface area (Å²) in [5.74, 6) is 4.66. The second-order valence-electron chi connectivity index (χ2n) is 5.36. The van der Waals surface area contributed by atoms with Crippen LogP contribution >= 0.6 is 0 Å². The van der Waals surface area contributed by atoms with Crippen LogP contribution < -0.4 is 5.32 Å². The maximum Gasteiger partial charge on any atom is 0.179 e. The van der Waals surface area contributed by atoms with Gasteiger partial charge in [-0.3, -0.25) is 0 Å². The Labute approximate surface area is 99.9 Å². The molecule has 2 aromatic heterocycles. The first-order valence-electron chi connectivity index (χ1n) is 6.38. The summed E-state index contributed by atoms with van der Waals surface area (Å²) in [5.41, 5.74) is 1.90. The molecule has 0 saturated heterocycles. The molecule has 0 aromatic carbocycles. The molecule has 2 atom stereocenters. The summed E-state index contributed by atoms with van der Waals surface area (Å²) in [5, 5.41) is 3.05. The van der Waals surface area contributed by atoms with Crippen LogP contribution in [0.5, 0.6) is 0 Å². The van der Waals surface area contributed by atoms with Gasteiger partial charge in [0.1, 0.15) is 11.6 Å². The second-order valence-corrected chi connectivity index (χ2v) is 5.36. The van der Waals surface area contributed by atoms with Gasteiger partial charge in [-0.25, -0.2) is 9.97 Å². The molecule has 0 radical (unpaired) electrons. The molecule has 2 N–H and O–H groups in total. The van der Waals surface area contributed by atoms with Crippen molar-refractivity contribution in [2.24, 2.45) is 11.8 Å². The molecule has 2 saturated carbocycles. The zero-order valence-corrected chi connectivity index (χ0v) is 9.90. The highest BCUT2D eigenvalue weighted by molar-refractivity contribution is 5.73. The third kappa shape index (κ3) is 1.43. The third-order valence-electron chi connectivity index (χ3n) is 4.25. The zero-order chi connectivity index (χ0) is 11.4. The van der Waals surface area contributed by atoms with E-state index in [4.69, 9.17) is 0 Å². The first kappa shape index (κ1) is 9.45. The van der Waals surface area contributed by atoms with Gasteiger partial charge in [0.25, 0.3) is 0 Å². The van der Waals surface area contributed by atoms with Gasteiger partial charge in [-0.1, -0.05) is 0 Å². The van der Waals surface area contributed by atoms with Crippen LogP contribution in [0.4, 0.5) is 5.82 Å². The van der Waals surface area contributed by atoms with Gasteiger partial charge in [-0.2, -0.15) is 0 Å². The Balaban J connectivity index is 1.71. The third-order valence-corrected chi connectivity index (χ3v) is 4.25. The predicted octanol–water partition coefficient (Wildman–Crippen LogP) is 2.51. The van der Waals surface area contributed by atoms with Gasteiger partial charge in [0.2, 0.25) is 0 Å². The Kier molecular flexibility index (Phi) is 1.79. The predicted molar refractivity (Wildman–Crippen MR) is 67.0 cm³/mol. The molecule has 4 heteroatoms. The molecule has 88 valence electrons. The summed E-state index contributed by atoms with van der Waals surface area (Å²) in [4.78, 5) is 12.5. The summed E-state index contributed by atoms with van der Waals surface area (Å²) in [6.07, 6.45) is 4.10. The molecule has 0 bridgehead atoms. The van der Waals surface area contributed by atoms with Crippen molar-refractivity contribution in [1.29, 1.82) is 0 Å². The smallest absolute Gasteiger partial charge is 0.179 e. The van der Waals surface area contributed by atoms with Crippen LogP contribution in [0, 0.1) is 11.8 Å². The largest absolute Gasteiger partial charge is 0.373 e. The molecule has 2 aliphatic carbocycles. The fourth-order valence-corrected chi connectivity index (χ4v) is 3.18. The number of aromatic nitrogens is 3. The minimum atomic E-state index is 0.644. The number of pyridine rings is 1. The number of anilines is 1. The molecule has 4 nitrogen and oxygen atoms in total. The van der Waals surface area contributed by atoms with E-state index < -0.39 is 0 Å². The molecular weight excluding hydrogens is 212 g/mol. The SMILES string of the molecule is CNc1ccc2[nH]c(C3CC4CC4C3)nc2n1.